The van der Waals surface area contributed by atoms with Gasteiger partial charge in [-0.2, -0.15) is 0 Å². The van der Waals surface area contributed by atoms with Gasteiger partial charge in [0.05, 0.1) is 0 Å². The lowest BCUT2D eigenvalue weighted by atomic mass is 9.87. The third-order valence-corrected chi connectivity index (χ3v) is 4.84. The molecule has 1 heterocycles. The Kier molecular flexibility index (Phi) is 4.76. The van der Waals surface area contributed by atoms with Crippen LogP contribution in [0, 0.1) is 0 Å². The van der Waals surface area contributed by atoms with Crippen LogP contribution < -0.4 is 0 Å². The van der Waals surface area contributed by atoms with E-state index in [0.717, 1.165) is 15.7 Å². The highest BCUT2D eigenvalue weighted by molar-refractivity contribution is 8.45. The van der Waals surface area contributed by atoms with Crippen molar-refractivity contribution in [3.8, 4) is 0 Å². The quantitative estimate of drug-likeness (QED) is 0.741. The summed E-state index contributed by atoms with van der Waals surface area (Å²) in [4.78, 5) is 16.2. The molecule has 0 radical (unpaired) electrons. The van der Waals surface area contributed by atoms with Gasteiger partial charge >= 0.3 is 0 Å². The highest BCUT2D eigenvalue weighted by Gasteiger charge is 2.22. The Morgan fingerprint density at radius 2 is 1.90 bits per heavy atom. The molecule has 0 spiro atoms. The van der Waals surface area contributed by atoms with Gasteiger partial charge in [-0.3, -0.25) is 4.79 Å². The Labute approximate surface area is 129 Å². The molecule has 2 nitrogen and oxygen atoms in total. The predicted octanol–water partition coefficient (Wildman–Crippen LogP) is 4.71. The average molecular weight is 305 g/mol. The molecule has 20 heavy (non-hydrogen) atoms. The fourth-order valence-electron chi connectivity index (χ4n) is 1.81. The SMILES string of the molecule is CCSC1=NC(=Cc2ccc(C(C)(C)C)cc2)C(=O)S1. The van der Waals surface area contributed by atoms with Gasteiger partial charge in [-0.15, -0.1) is 0 Å². The zero-order valence-corrected chi connectivity index (χ0v) is 13.9. The number of hydrogen-bond acceptors (Lipinski definition) is 4. The van der Waals surface area contributed by atoms with Crippen LogP contribution in [0.15, 0.2) is 35.0 Å². The molecule has 0 aliphatic carbocycles. The molecule has 4 heteroatoms. The summed E-state index contributed by atoms with van der Waals surface area (Å²) in [6, 6.07) is 8.33. The third kappa shape index (κ3) is 3.76. The molecule has 0 aromatic heterocycles. The van der Waals surface area contributed by atoms with Gasteiger partial charge in [0.1, 0.15) is 10.1 Å². The van der Waals surface area contributed by atoms with E-state index in [1.807, 2.05) is 18.2 Å². The molecular formula is C16H19NOS2. The van der Waals surface area contributed by atoms with E-state index in [-0.39, 0.29) is 10.5 Å². The van der Waals surface area contributed by atoms with Gasteiger partial charge < -0.3 is 0 Å². The molecule has 1 aromatic rings. The number of aliphatic imine (C=N–C) groups is 1. The van der Waals surface area contributed by atoms with E-state index in [4.69, 9.17) is 0 Å². The van der Waals surface area contributed by atoms with Crippen molar-refractivity contribution in [2.24, 2.45) is 4.99 Å². The second-order valence-corrected chi connectivity index (χ2v) is 8.07. The van der Waals surface area contributed by atoms with Crippen molar-refractivity contribution < 1.29 is 4.79 Å². The maximum Gasteiger partial charge on any atom is 0.244 e. The number of nitrogens with zero attached hydrogens (tertiary/aromatic N) is 1. The molecule has 0 bridgehead atoms. The molecule has 0 amide bonds. The van der Waals surface area contributed by atoms with E-state index < -0.39 is 0 Å². The minimum atomic E-state index is 0.0425. The van der Waals surface area contributed by atoms with E-state index in [2.05, 4.69) is 44.8 Å². The molecule has 1 aliphatic heterocycles. The second kappa shape index (κ2) is 6.19. The van der Waals surface area contributed by atoms with Crippen LogP contribution >= 0.6 is 23.5 Å². The highest BCUT2D eigenvalue weighted by Crippen LogP contribution is 2.31. The van der Waals surface area contributed by atoms with Gasteiger partial charge in [0, 0.05) is 0 Å². The first kappa shape index (κ1) is 15.4. The molecule has 1 aliphatic rings. The number of thioether (sulfide) groups is 2. The molecular weight excluding hydrogens is 286 g/mol. The smallest absolute Gasteiger partial charge is 0.244 e. The van der Waals surface area contributed by atoms with E-state index in [0.29, 0.717) is 5.70 Å². The first-order valence-electron chi connectivity index (χ1n) is 6.66. The van der Waals surface area contributed by atoms with E-state index in [1.165, 1.54) is 17.3 Å². The minimum Gasteiger partial charge on any atom is -0.279 e. The number of rotatable bonds is 2. The van der Waals surface area contributed by atoms with Gasteiger partial charge in [-0.05, 0) is 40.1 Å². The lowest BCUT2D eigenvalue weighted by molar-refractivity contribution is -0.107. The number of benzene rings is 1. The van der Waals surface area contributed by atoms with Gasteiger partial charge in [0.25, 0.3) is 0 Å². The number of carbonyl (C=O) groups is 1. The first-order valence-corrected chi connectivity index (χ1v) is 8.46. The second-order valence-electron chi connectivity index (χ2n) is 5.60. The van der Waals surface area contributed by atoms with Crippen LogP contribution in [-0.4, -0.2) is 15.2 Å². The Bertz CT molecular complexity index is 565. The van der Waals surface area contributed by atoms with Gasteiger partial charge in [0.15, 0.2) is 0 Å². The number of carbonyl (C=O) groups excluding carboxylic acids is 1. The summed E-state index contributed by atoms with van der Waals surface area (Å²) in [5.74, 6) is 0.937. The number of hydrogen-bond donors (Lipinski definition) is 0. The van der Waals surface area contributed by atoms with Crippen molar-refractivity contribution in [1.29, 1.82) is 0 Å². The van der Waals surface area contributed by atoms with Gasteiger partial charge in [-0.1, -0.05) is 63.7 Å². The predicted molar refractivity (Wildman–Crippen MR) is 91.3 cm³/mol. The molecule has 0 saturated carbocycles. The minimum absolute atomic E-state index is 0.0425. The lowest BCUT2D eigenvalue weighted by Crippen LogP contribution is -2.10. The zero-order valence-electron chi connectivity index (χ0n) is 12.3. The van der Waals surface area contributed by atoms with Crippen LogP contribution in [-0.2, 0) is 10.2 Å². The fourth-order valence-corrected chi connectivity index (χ4v) is 3.55. The largest absolute Gasteiger partial charge is 0.279 e. The molecule has 1 aromatic carbocycles. The molecule has 0 fully saturated rings. The maximum absolute atomic E-state index is 11.9. The molecule has 0 N–H and O–H groups in total. The van der Waals surface area contributed by atoms with Crippen molar-refractivity contribution in [3.05, 3.63) is 41.1 Å². The topological polar surface area (TPSA) is 29.4 Å². The Morgan fingerprint density at radius 1 is 1.25 bits per heavy atom. The normalized spacial score (nSPS) is 17.7. The Morgan fingerprint density at radius 3 is 2.45 bits per heavy atom. The van der Waals surface area contributed by atoms with Crippen LogP contribution in [0.1, 0.15) is 38.8 Å². The van der Waals surface area contributed by atoms with E-state index in [1.54, 1.807) is 11.8 Å². The monoisotopic (exact) mass is 305 g/mol. The summed E-state index contributed by atoms with van der Waals surface area (Å²) in [5.41, 5.74) is 3.01. The summed E-state index contributed by atoms with van der Waals surface area (Å²) >= 11 is 2.84. The summed E-state index contributed by atoms with van der Waals surface area (Å²) in [6.07, 6.45) is 1.87. The van der Waals surface area contributed by atoms with Crippen molar-refractivity contribution in [1.82, 2.24) is 0 Å². The first-order chi connectivity index (χ1) is 9.40. The van der Waals surface area contributed by atoms with Crippen LogP contribution in [0.4, 0.5) is 0 Å². The highest BCUT2D eigenvalue weighted by atomic mass is 32.2. The van der Waals surface area contributed by atoms with E-state index >= 15 is 0 Å². The molecule has 0 saturated heterocycles. The summed E-state index contributed by atoms with van der Waals surface area (Å²) in [5, 5.41) is 0.0425. The molecule has 0 unspecified atom stereocenters. The van der Waals surface area contributed by atoms with Crippen LogP contribution in [0.3, 0.4) is 0 Å². The van der Waals surface area contributed by atoms with Crippen molar-refractivity contribution in [3.63, 3.8) is 0 Å². The summed E-state index contributed by atoms with van der Waals surface area (Å²) < 4.78 is 0.857. The summed E-state index contributed by atoms with van der Waals surface area (Å²) in [7, 11) is 0. The van der Waals surface area contributed by atoms with Gasteiger partial charge in [0.2, 0.25) is 5.12 Å². The lowest BCUT2D eigenvalue weighted by Gasteiger charge is -2.18. The Hall–Kier alpha value is -1.000. The van der Waals surface area contributed by atoms with Crippen LogP contribution in [0.2, 0.25) is 0 Å². The molecule has 2 rings (SSSR count). The van der Waals surface area contributed by atoms with Crippen molar-refractivity contribution in [2.75, 3.05) is 5.75 Å². The standard InChI is InChI=1S/C16H19NOS2/c1-5-19-15-17-13(14(18)20-15)10-11-6-8-12(9-7-11)16(2,3)4/h6-10H,5H2,1-4H3. The molecule has 106 valence electrons. The average Bonchev–Trinajstić information content (AvgIpc) is 2.70. The van der Waals surface area contributed by atoms with Crippen LogP contribution in [0.5, 0.6) is 0 Å². The zero-order chi connectivity index (χ0) is 14.8. The Balaban J connectivity index is 2.21. The fraction of sp³-hybridized carbons (Fsp3) is 0.375. The van der Waals surface area contributed by atoms with Crippen molar-refractivity contribution in [2.45, 2.75) is 33.1 Å². The van der Waals surface area contributed by atoms with Crippen molar-refractivity contribution >= 4 is 39.1 Å². The molecule has 0 atom stereocenters. The summed E-state index contributed by atoms with van der Waals surface area (Å²) in [6.45, 7) is 8.63. The van der Waals surface area contributed by atoms with E-state index in [9.17, 15) is 4.79 Å². The third-order valence-electron chi connectivity index (χ3n) is 2.95. The van der Waals surface area contributed by atoms with Crippen LogP contribution in [0.25, 0.3) is 6.08 Å². The van der Waals surface area contributed by atoms with Gasteiger partial charge in [-0.25, -0.2) is 4.99 Å². The maximum atomic E-state index is 11.9.